The van der Waals surface area contributed by atoms with E-state index in [1.807, 2.05) is 42.1 Å². The second-order valence-corrected chi connectivity index (χ2v) is 6.88. The largest absolute Gasteiger partial charge is 0.366 e. The minimum atomic E-state index is -0.0383. The molecule has 0 amide bonds. The fourth-order valence-electron chi connectivity index (χ4n) is 2.97. The van der Waals surface area contributed by atoms with E-state index in [0.29, 0.717) is 11.0 Å². The van der Waals surface area contributed by atoms with Crippen molar-refractivity contribution >= 4 is 21.6 Å². The van der Waals surface area contributed by atoms with Crippen molar-refractivity contribution in [3.63, 3.8) is 0 Å². The van der Waals surface area contributed by atoms with Gasteiger partial charge in [-0.2, -0.15) is 0 Å². The maximum Gasteiger partial charge on any atom is 0.286 e. The second-order valence-electron chi connectivity index (χ2n) is 6.09. The van der Waals surface area contributed by atoms with Crippen LogP contribution in [0.15, 0.2) is 63.9 Å². The highest BCUT2D eigenvalue weighted by Crippen LogP contribution is 2.22. The summed E-state index contributed by atoms with van der Waals surface area (Å²) in [5, 5.41) is 0. The van der Waals surface area contributed by atoms with Crippen molar-refractivity contribution < 1.29 is 0 Å². The van der Waals surface area contributed by atoms with E-state index in [1.54, 1.807) is 4.68 Å². The molecule has 2 aromatic carbocycles. The van der Waals surface area contributed by atoms with E-state index in [4.69, 9.17) is 0 Å². The van der Waals surface area contributed by atoms with Crippen LogP contribution in [0.25, 0.3) is 5.69 Å². The molecule has 0 unspecified atom stereocenters. The Labute approximate surface area is 156 Å². The minimum absolute atomic E-state index is 0.0383. The van der Waals surface area contributed by atoms with E-state index in [-0.39, 0.29) is 5.56 Å². The van der Waals surface area contributed by atoms with Gasteiger partial charge in [0, 0.05) is 19.3 Å². The number of aryl methyl sites for hydroxylation is 1. The third-order valence-corrected chi connectivity index (χ3v) is 5.24. The van der Waals surface area contributed by atoms with Gasteiger partial charge in [0.25, 0.3) is 5.56 Å². The zero-order chi connectivity index (χ0) is 18.0. The van der Waals surface area contributed by atoms with Gasteiger partial charge in [0.15, 0.2) is 0 Å². The molecule has 0 N–H and O–H groups in total. The van der Waals surface area contributed by atoms with Gasteiger partial charge in [-0.1, -0.05) is 35.9 Å². The molecule has 3 rings (SSSR count). The Kier molecular flexibility index (Phi) is 5.13. The van der Waals surface area contributed by atoms with Gasteiger partial charge >= 0.3 is 0 Å². The summed E-state index contributed by atoms with van der Waals surface area (Å²) in [7, 11) is 1.93. The highest BCUT2D eigenvalue weighted by molar-refractivity contribution is 9.10. The minimum Gasteiger partial charge on any atom is -0.366 e. The highest BCUT2D eigenvalue weighted by Gasteiger charge is 2.19. The molecule has 1 aromatic heterocycles. The van der Waals surface area contributed by atoms with Crippen molar-refractivity contribution in [3.8, 4) is 5.69 Å². The summed E-state index contributed by atoms with van der Waals surface area (Å²) in [5.74, 6) is 0. The number of para-hydroxylation sites is 1. The third kappa shape index (κ3) is 3.42. The molecule has 0 saturated heterocycles. The van der Waals surface area contributed by atoms with Gasteiger partial charge in [-0.3, -0.25) is 9.48 Å². The van der Waals surface area contributed by atoms with Crippen LogP contribution in [0, 0.1) is 6.92 Å². The van der Waals surface area contributed by atoms with E-state index in [1.165, 1.54) is 5.56 Å². The summed E-state index contributed by atoms with van der Waals surface area (Å²) in [6.45, 7) is 5.73. The van der Waals surface area contributed by atoms with Crippen molar-refractivity contribution in [1.82, 2.24) is 9.36 Å². The summed E-state index contributed by atoms with van der Waals surface area (Å²) < 4.78 is 4.24. The molecule has 130 valence electrons. The lowest BCUT2D eigenvalue weighted by Gasteiger charge is -2.24. The van der Waals surface area contributed by atoms with Crippen LogP contribution < -0.4 is 10.5 Å². The maximum absolute atomic E-state index is 12.7. The Balaban J connectivity index is 2.00. The van der Waals surface area contributed by atoms with Crippen molar-refractivity contribution in [2.75, 3.05) is 11.4 Å². The lowest BCUT2D eigenvalue weighted by molar-refractivity contribution is 0.606. The molecule has 5 heteroatoms. The molecular weight excluding hydrogens is 378 g/mol. The number of rotatable bonds is 5. The molecule has 0 aliphatic heterocycles. The van der Waals surface area contributed by atoms with Crippen LogP contribution in [0.3, 0.4) is 0 Å². The van der Waals surface area contributed by atoms with Crippen molar-refractivity contribution in [2.45, 2.75) is 20.4 Å². The molecule has 0 bridgehead atoms. The molecule has 3 aromatic rings. The summed E-state index contributed by atoms with van der Waals surface area (Å²) in [6.07, 6.45) is 0. The molecule has 25 heavy (non-hydrogen) atoms. The van der Waals surface area contributed by atoms with Crippen LogP contribution in [0.5, 0.6) is 0 Å². The van der Waals surface area contributed by atoms with E-state index >= 15 is 0 Å². The van der Waals surface area contributed by atoms with Crippen LogP contribution in [0.1, 0.15) is 18.2 Å². The molecule has 0 atom stereocenters. The SMILES string of the molecule is CCN(Cc1c(Br)c(=O)n(-c2ccccc2)n1C)c1ccc(C)cc1. The van der Waals surface area contributed by atoms with Crippen molar-refractivity contribution in [2.24, 2.45) is 7.05 Å². The first-order chi connectivity index (χ1) is 12.0. The van der Waals surface area contributed by atoms with Crippen molar-refractivity contribution in [3.05, 3.63) is 80.7 Å². The molecule has 4 nitrogen and oxygen atoms in total. The average Bonchev–Trinajstić information content (AvgIpc) is 2.84. The van der Waals surface area contributed by atoms with Crippen LogP contribution in [0.2, 0.25) is 0 Å². The summed E-state index contributed by atoms with van der Waals surface area (Å²) in [4.78, 5) is 15.0. The van der Waals surface area contributed by atoms with Gasteiger partial charge in [0.05, 0.1) is 17.9 Å². The Morgan fingerprint density at radius 3 is 2.28 bits per heavy atom. The number of benzene rings is 2. The number of hydrogen-bond acceptors (Lipinski definition) is 2. The van der Waals surface area contributed by atoms with Crippen LogP contribution in [-0.2, 0) is 13.6 Å². The van der Waals surface area contributed by atoms with Gasteiger partial charge in [0.1, 0.15) is 4.47 Å². The standard InChI is InChI=1S/C20H22BrN3O/c1-4-23(16-12-10-15(2)11-13-16)14-18-19(21)20(25)24(22(18)3)17-8-6-5-7-9-17/h5-13H,4,14H2,1-3H3. The number of hydrogen-bond donors (Lipinski definition) is 0. The predicted molar refractivity (Wildman–Crippen MR) is 107 cm³/mol. The van der Waals surface area contributed by atoms with E-state index in [9.17, 15) is 4.79 Å². The van der Waals surface area contributed by atoms with Crippen LogP contribution in [0.4, 0.5) is 5.69 Å². The Bertz CT molecular complexity index is 911. The molecule has 0 fully saturated rings. The van der Waals surface area contributed by atoms with E-state index < -0.39 is 0 Å². The normalized spacial score (nSPS) is 10.9. The summed E-state index contributed by atoms with van der Waals surface area (Å²) in [5.41, 5.74) is 4.17. The van der Waals surface area contributed by atoms with E-state index in [0.717, 1.165) is 23.6 Å². The molecular formula is C20H22BrN3O. The first-order valence-electron chi connectivity index (χ1n) is 8.36. The summed E-state index contributed by atoms with van der Waals surface area (Å²) >= 11 is 3.51. The molecule has 0 radical (unpaired) electrons. The fourth-order valence-corrected chi connectivity index (χ4v) is 3.52. The lowest BCUT2D eigenvalue weighted by atomic mass is 10.2. The predicted octanol–water partition coefficient (Wildman–Crippen LogP) is 4.27. The number of aromatic nitrogens is 2. The Morgan fingerprint density at radius 2 is 1.68 bits per heavy atom. The first-order valence-corrected chi connectivity index (χ1v) is 9.15. The van der Waals surface area contributed by atoms with Gasteiger partial charge < -0.3 is 4.90 Å². The fraction of sp³-hybridized carbons (Fsp3) is 0.250. The van der Waals surface area contributed by atoms with Crippen LogP contribution >= 0.6 is 15.9 Å². The molecule has 0 aliphatic rings. The zero-order valence-electron chi connectivity index (χ0n) is 14.7. The smallest absolute Gasteiger partial charge is 0.286 e. The van der Waals surface area contributed by atoms with Crippen LogP contribution in [-0.4, -0.2) is 15.9 Å². The number of halogens is 1. The molecule has 0 spiro atoms. The average molecular weight is 400 g/mol. The second kappa shape index (κ2) is 7.31. The highest BCUT2D eigenvalue weighted by atomic mass is 79.9. The van der Waals surface area contributed by atoms with Gasteiger partial charge in [-0.15, -0.1) is 0 Å². The Morgan fingerprint density at radius 1 is 1.04 bits per heavy atom. The zero-order valence-corrected chi connectivity index (χ0v) is 16.3. The van der Waals surface area contributed by atoms with Crippen molar-refractivity contribution in [1.29, 1.82) is 0 Å². The third-order valence-electron chi connectivity index (χ3n) is 4.45. The topological polar surface area (TPSA) is 30.2 Å². The van der Waals surface area contributed by atoms with Gasteiger partial charge in [0.2, 0.25) is 0 Å². The van der Waals surface area contributed by atoms with E-state index in [2.05, 4.69) is 58.9 Å². The lowest BCUT2D eigenvalue weighted by Crippen LogP contribution is -2.24. The summed E-state index contributed by atoms with van der Waals surface area (Å²) in [6, 6.07) is 18.2. The molecule has 0 saturated carbocycles. The molecule has 1 heterocycles. The Hall–Kier alpha value is -2.27. The quantitative estimate of drug-likeness (QED) is 0.640. The number of anilines is 1. The van der Waals surface area contributed by atoms with Gasteiger partial charge in [-0.25, -0.2) is 4.68 Å². The first kappa shape index (κ1) is 17.5. The number of nitrogens with zero attached hydrogens (tertiary/aromatic N) is 3. The maximum atomic E-state index is 12.7. The monoisotopic (exact) mass is 399 g/mol. The van der Waals surface area contributed by atoms with Gasteiger partial charge in [-0.05, 0) is 54.0 Å². The molecule has 0 aliphatic carbocycles.